The van der Waals surface area contributed by atoms with Gasteiger partial charge in [0.25, 0.3) is 11.8 Å². The molecule has 3 aromatic rings. The van der Waals surface area contributed by atoms with Crippen molar-refractivity contribution < 1.29 is 14.4 Å². The molecular formula is C23H23ClN6O3S. The predicted octanol–water partition coefficient (Wildman–Crippen LogP) is 3.32. The standard InChI is InChI=1S/C23H23ClN6O3S/c24-14-5-7-16(8-6-14)30(23(33)20-17(25)18(21(26)31)29-34-20)19(13-9-11-27-12-10-13)22(32)28-15-3-1-2-4-15/h5-12,15,19H,1-4,25H2,(H2,26,31)(H,28,32)/t19-/m1/s1. The van der Waals surface area contributed by atoms with E-state index in [1.54, 1.807) is 48.8 Å². The maximum Gasteiger partial charge on any atom is 0.273 e. The molecular weight excluding hydrogens is 476 g/mol. The Kier molecular flexibility index (Phi) is 7.09. The summed E-state index contributed by atoms with van der Waals surface area (Å²) in [6.45, 7) is 0. The first kappa shape index (κ1) is 23.7. The summed E-state index contributed by atoms with van der Waals surface area (Å²) in [5.74, 6) is -1.76. The molecule has 1 aliphatic carbocycles. The lowest BCUT2D eigenvalue weighted by molar-refractivity contribution is -0.123. The van der Waals surface area contributed by atoms with Crippen LogP contribution >= 0.6 is 23.1 Å². The van der Waals surface area contributed by atoms with Gasteiger partial charge in [0.1, 0.15) is 10.9 Å². The third-order valence-corrected chi connectivity index (χ3v) is 6.81. The lowest BCUT2D eigenvalue weighted by Crippen LogP contribution is -2.46. The van der Waals surface area contributed by atoms with Crippen molar-refractivity contribution in [2.75, 3.05) is 10.6 Å². The van der Waals surface area contributed by atoms with Gasteiger partial charge in [-0.15, -0.1) is 0 Å². The molecule has 5 N–H and O–H groups in total. The number of benzene rings is 1. The number of nitrogens with zero attached hydrogens (tertiary/aromatic N) is 3. The summed E-state index contributed by atoms with van der Waals surface area (Å²) < 4.78 is 3.95. The van der Waals surface area contributed by atoms with E-state index >= 15 is 0 Å². The van der Waals surface area contributed by atoms with E-state index in [1.807, 2.05) is 0 Å². The van der Waals surface area contributed by atoms with Crippen LogP contribution in [0.4, 0.5) is 11.4 Å². The van der Waals surface area contributed by atoms with Gasteiger partial charge >= 0.3 is 0 Å². The molecule has 1 aromatic carbocycles. The van der Waals surface area contributed by atoms with Gasteiger partial charge < -0.3 is 16.8 Å². The van der Waals surface area contributed by atoms with Crippen molar-refractivity contribution in [2.24, 2.45) is 5.73 Å². The Morgan fingerprint density at radius 1 is 1.09 bits per heavy atom. The van der Waals surface area contributed by atoms with Crippen molar-refractivity contribution in [1.82, 2.24) is 14.7 Å². The second-order valence-corrected chi connectivity index (χ2v) is 9.17. The van der Waals surface area contributed by atoms with E-state index in [1.165, 1.54) is 4.90 Å². The number of amides is 3. The first-order valence-electron chi connectivity index (χ1n) is 10.7. The van der Waals surface area contributed by atoms with Crippen LogP contribution in [-0.4, -0.2) is 33.1 Å². The Bertz CT molecular complexity index is 1200. The normalized spacial score (nSPS) is 14.5. The van der Waals surface area contributed by atoms with Crippen molar-refractivity contribution in [3.8, 4) is 0 Å². The topological polar surface area (TPSA) is 144 Å². The molecule has 0 aliphatic heterocycles. The highest BCUT2D eigenvalue weighted by Gasteiger charge is 2.37. The van der Waals surface area contributed by atoms with Gasteiger partial charge in [0.2, 0.25) is 5.91 Å². The Labute approximate surface area is 205 Å². The number of primary amides is 1. The van der Waals surface area contributed by atoms with Gasteiger partial charge in [0.15, 0.2) is 5.69 Å². The van der Waals surface area contributed by atoms with Crippen LogP contribution in [0, 0.1) is 0 Å². The zero-order valence-corrected chi connectivity index (χ0v) is 19.7. The lowest BCUT2D eigenvalue weighted by Gasteiger charge is -2.32. The SMILES string of the molecule is NC(=O)c1nsc(C(=O)N(c2ccc(Cl)cc2)[C@@H](C(=O)NC2CCCC2)c2ccncc2)c1N. The summed E-state index contributed by atoms with van der Waals surface area (Å²) in [5.41, 5.74) is 12.1. The molecule has 1 aliphatic rings. The molecule has 9 nitrogen and oxygen atoms in total. The molecule has 4 rings (SSSR count). The quantitative estimate of drug-likeness (QED) is 0.455. The monoisotopic (exact) mass is 498 g/mol. The van der Waals surface area contributed by atoms with Crippen LogP contribution in [0.15, 0.2) is 48.8 Å². The second-order valence-electron chi connectivity index (χ2n) is 7.96. The molecule has 0 unspecified atom stereocenters. The highest BCUT2D eigenvalue weighted by Crippen LogP contribution is 2.34. The maximum absolute atomic E-state index is 13.9. The third kappa shape index (κ3) is 4.87. The number of carbonyl (C=O) groups is 3. The van der Waals surface area contributed by atoms with Crippen LogP contribution in [0.2, 0.25) is 5.02 Å². The molecule has 2 aromatic heterocycles. The molecule has 0 bridgehead atoms. The average molecular weight is 499 g/mol. The minimum absolute atomic E-state index is 0.0106. The Hall–Kier alpha value is -3.50. The van der Waals surface area contributed by atoms with Gasteiger partial charge in [0.05, 0.1) is 5.69 Å². The number of rotatable bonds is 7. The number of hydrogen-bond acceptors (Lipinski definition) is 7. The fraction of sp³-hybridized carbons (Fsp3) is 0.261. The smallest absolute Gasteiger partial charge is 0.273 e. The molecule has 0 saturated heterocycles. The second kappa shape index (κ2) is 10.2. The maximum atomic E-state index is 13.9. The van der Waals surface area contributed by atoms with Crippen LogP contribution in [0.1, 0.15) is 57.4 Å². The molecule has 1 fully saturated rings. The van der Waals surface area contributed by atoms with Gasteiger partial charge in [0, 0.05) is 29.1 Å². The van der Waals surface area contributed by atoms with Gasteiger partial charge in [-0.3, -0.25) is 24.3 Å². The van der Waals surface area contributed by atoms with E-state index < -0.39 is 17.9 Å². The number of pyridine rings is 1. The number of nitrogen functional groups attached to an aromatic ring is 1. The zero-order valence-electron chi connectivity index (χ0n) is 18.1. The summed E-state index contributed by atoms with van der Waals surface area (Å²) in [5, 5.41) is 3.56. The van der Waals surface area contributed by atoms with Crippen LogP contribution < -0.4 is 21.7 Å². The highest BCUT2D eigenvalue weighted by atomic mass is 35.5. The molecule has 1 saturated carbocycles. The summed E-state index contributed by atoms with van der Waals surface area (Å²) in [4.78, 5) is 44.6. The minimum Gasteiger partial charge on any atom is -0.395 e. The summed E-state index contributed by atoms with van der Waals surface area (Å²) in [6, 6.07) is 8.90. The van der Waals surface area contributed by atoms with Gasteiger partial charge in [-0.25, -0.2) is 0 Å². The van der Waals surface area contributed by atoms with E-state index in [9.17, 15) is 14.4 Å². The van der Waals surface area contributed by atoms with Crippen molar-refractivity contribution >= 4 is 52.2 Å². The Morgan fingerprint density at radius 2 is 1.74 bits per heavy atom. The van der Waals surface area contributed by atoms with Crippen molar-refractivity contribution in [2.45, 2.75) is 37.8 Å². The van der Waals surface area contributed by atoms with E-state index in [2.05, 4.69) is 14.7 Å². The first-order chi connectivity index (χ1) is 16.4. The fourth-order valence-electron chi connectivity index (χ4n) is 4.04. The van der Waals surface area contributed by atoms with E-state index in [4.69, 9.17) is 23.1 Å². The van der Waals surface area contributed by atoms with Crippen LogP contribution in [0.3, 0.4) is 0 Å². The molecule has 1 atom stereocenters. The van der Waals surface area contributed by atoms with Gasteiger partial charge in [-0.1, -0.05) is 24.4 Å². The Morgan fingerprint density at radius 3 is 2.32 bits per heavy atom. The lowest BCUT2D eigenvalue weighted by atomic mass is 10.0. The fourth-order valence-corrected chi connectivity index (χ4v) is 4.91. The molecule has 0 radical (unpaired) electrons. The van der Waals surface area contributed by atoms with Crippen molar-refractivity contribution in [3.05, 3.63) is 69.9 Å². The number of nitrogens with one attached hydrogen (secondary N) is 1. The summed E-state index contributed by atoms with van der Waals surface area (Å²) in [6.07, 6.45) is 6.96. The van der Waals surface area contributed by atoms with E-state index in [0.29, 0.717) is 16.3 Å². The highest BCUT2D eigenvalue weighted by molar-refractivity contribution is 7.09. The summed E-state index contributed by atoms with van der Waals surface area (Å²) >= 11 is 6.84. The van der Waals surface area contributed by atoms with Crippen LogP contribution in [0.5, 0.6) is 0 Å². The van der Waals surface area contributed by atoms with Gasteiger partial charge in [-0.2, -0.15) is 4.37 Å². The first-order valence-corrected chi connectivity index (χ1v) is 11.9. The molecule has 2 heterocycles. The largest absolute Gasteiger partial charge is 0.395 e. The number of hydrogen-bond donors (Lipinski definition) is 3. The molecule has 34 heavy (non-hydrogen) atoms. The van der Waals surface area contributed by atoms with Crippen molar-refractivity contribution in [1.29, 1.82) is 0 Å². The molecule has 176 valence electrons. The molecule has 0 spiro atoms. The molecule has 3 amide bonds. The number of halogens is 1. The predicted molar refractivity (Wildman–Crippen MR) is 131 cm³/mol. The van der Waals surface area contributed by atoms with E-state index in [-0.39, 0.29) is 28.2 Å². The number of anilines is 2. The van der Waals surface area contributed by atoms with Crippen LogP contribution in [-0.2, 0) is 4.79 Å². The molecule has 11 heteroatoms. The summed E-state index contributed by atoms with van der Waals surface area (Å²) in [7, 11) is 0. The van der Waals surface area contributed by atoms with Crippen molar-refractivity contribution in [3.63, 3.8) is 0 Å². The van der Waals surface area contributed by atoms with E-state index in [0.717, 1.165) is 37.2 Å². The van der Waals surface area contributed by atoms with Crippen LogP contribution in [0.25, 0.3) is 0 Å². The number of carbonyl (C=O) groups excluding carboxylic acids is 3. The number of nitrogens with two attached hydrogens (primary N) is 2. The minimum atomic E-state index is -1.03. The average Bonchev–Trinajstić information content (AvgIpc) is 3.47. The number of aromatic nitrogens is 2. The Balaban J connectivity index is 1.83. The van der Waals surface area contributed by atoms with Gasteiger partial charge in [-0.05, 0) is 66.3 Å². The zero-order chi connectivity index (χ0) is 24.2. The third-order valence-electron chi connectivity index (χ3n) is 5.71.